The molecule has 2 atom stereocenters. The quantitative estimate of drug-likeness (QED) is 0.844. The lowest BCUT2D eigenvalue weighted by Crippen LogP contribution is -2.26. The lowest BCUT2D eigenvalue weighted by molar-refractivity contribution is 0.443. The van der Waals surface area contributed by atoms with Crippen molar-refractivity contribution >= 4 is 10.8 Å². The third-order valence-electron chi connectivity index (χ3n) is 5.27. The first-order valence-electron chi connectivity index (χ1n) is 8.10. The molecule has 2 unspecified atom stereocenters. The number of rotatable bonds is 2. The Morgan fingerprint density at radius 1 is 1.15 bits per heavy atom. The molecular weight excluding hydrogens is 242 g/mol. The van der Waals surface area contributed by atoms with Crippen molar-refractivity contribution in [1.29, 1.82) is 0 Å². The van der Waals surface area contributed by atoms with Gasteiger partial charge in [0, 0.05) is 6.04 Å². The molecule has 0 bridgehead atoms. The second-order valence-electron chi connectivity index (χ2n) is 6.47. The molecule has 20 heavy (non-hydrogen) atoms. The highest BCUT2D eigenvalue weighted by atomic mass is 14.9. The number of nitrogens with one attached hydrogen (secondary N) is 1. The Morgan fingerprint density at radius 2 is 2.00 bits per heavy atom. The van der Waals surface area contributed by atoms with Crippen LogP contribution in [0.3, 0.4) is 0 Å². The van der Waals surface area contributed by atoms with Gasteiger partial charge in [-0.2, -0.15) is 0 Å². The summed E-state index contributed by atoms with van der Waals surface area (Å²) in [5.74, 6) is 0.699. The van der Waals surface area contributed by atoms with E-state index < -0.39 is 0 Å². The van der Waals surface area contributed by atoms with Gasteiger partial charge in [0.25, 0.3) is 0 Å². The topological polar surface area (TPSA) is 12.0 Å². The van der Waals surface area contributed by atoms with E-state index in [1.165, 1.54) is 25.7 Å². The molecule has 2 aromatic carbocycles. The van der Waals surface area contributed by atoms with Crippen LogP contribution in [0.4, 0.5) is 0 Å². The summed E-state index contributed by atoms with van der Waals surface area (Å²) in [6.45, 7) is 5.69. The van der Waals surface area contributed by atoms with Crippen LogP contribution in [-0.4, -0.2) is 6.54 Å². The smallest absolute Gasteiger partial charge is 0.0323 e. The van der Waals surface area contributed by atoms with Crippen molar-refractivity contribution in [3.8, 4) is 0 Å². The first-order chi connectivity index (χ1) is 9.79. The molecule has 104 valence electrons. The number of aryl methyl sites for hydroxylation is 2. The predicted octanol–water partition coefficient (Wildman–Crippen LogP) is 4.49. The van der Waals surface area contributed by atoms with E-state index in [9.17, 15) is 0 Å². The van der Waals surface area contributed by atoms with Crippen LogP contribution in [-0.2, 0) is 12.8 Å². The highest BCUT2D eigenvalue weighted by molar-refractivity contribution is 5.94. The molecule has 0 saturated carbocycles. The van der Waals surface area contributed by atoms with Crippen LogP contribution in [0.5, 0.6) is 0 Å². The Morgan fingerprint density at radius 3 is 2.85 bits per heavy atom. The fourth-order valence-corrected chi connectivity index (χ4v) is 4.38. The second kappa shape index (κ2) is 4.60. The summed E-state index contributed by atoms with van der Waals surface area (Å²) in [5.41, 5.74) is 6.38. The molecule has 0 saturated heterocycles. The number of hydrogen-bond acceptors (Lipinski definition) is 1. The number of fused-ring (bicyclic) bond motifs is 2. The molecule has 2 aliphatic carbocycles. The minimum atomic E-state index is 0.566. The van der Waals surface area contributed by atoms with E-state index in [2.05, 4.69) is 43.4 Å². The zero-order valence-electron chi connectivity index (χ0n) is 12.5. The summed E-state index contributed by atoms with van der Waals surface area (Å²) in [6, 6.07) is 10.0. The summed E-state index contributed by atoms with van der Waals surface area (Å²) in [4.78, 5) is 0. The average molecular weight is 265 g/mol. The molecular formula is C19H23N. The van der Waals surface area contributed by atoms with Crippen molar-refractivity contribution in [2.45, 2.75) is 51.5 Å². The van der Waals surface area contributed by atoms with Gasteiger partial charge in [-0.15, -0.1) is 0 Å². The van der Waals surface area contributed by atoms with Crippen LogP contribution in [0.15, 0.2) is 24.3 Å². The zero-order valence-corrected chi connectivity index (χ0v) is 12.5. The van der Waals surface area contributed by atoms with Crippen molar-refractivity contribution in [3.05, 3.63) is 46.5 Å². The maximum Gasteiger partial charge on any atom is 0.0323 e. The largest absolute Gasteiger partial charge is 0.310 e. The van der Waals surface area contributed by atoms with E-state index in [1.807, 2.05) is 0 Å². The van der Waals surface area contributed by atoms with Gasteiger partial charge in [-0.05, 0) is 71.2 Å². The van der Waals surface area contributed by atoms with Crippen molar-refractivity contribution < 1.29 is 0 Å². The molecule has 0 spiro atoms. The van der Waals surface area contributed by atoms with Gasteiger partial charge in [0.05, 0.1) is 0 Å². The Balaban J connectivity index is 2.02. The normalized spacial score (nSPS) is 24.1. The fraction of sp³-hybridized carbons (Fsp3) is 0.474. The van der Waals surface area contributed by atoms with Crippen LogP contribution in [0.2, 0.25) is 0 Å². The minimum absolute atomic E-state index is 0.566. The first-order valence-corrected chi connectivity index (χ1v) is 8.10. The molecule has 2 aliphatic rings. The average Bonchev–Trinajstić information content (AvgIpc) is 2.87. The van der Waals surface area contributed by atoms with Gasteiger partial charge >= 0.3 is 0 Å². The van der Waals surface area contributed by atoms with Gasteiger partial charge in [-0.1, -0.05) is 38.1 Å². The lowest BCUT2D eigenvalue weighted by atomic mass is 9.77. The molecule has 0 aliphatic heterocycles. The SMILES string of the molecule is CCNC1CCC(C)c2c1cc1c3c(cccc23)CC1. The van der Waals surface area contributed by atoms with Gasteiger partial charge in [0.2, 0.25) is 0 Å². The van der Waals surface area contributed by atoms with Crippen molar-refractivity contribution in [2.75, 3.05) is 6.54 Å². The van der Waals surface area contributed by atoms with E-state index in [1.54, 1.807) is 33.0 Å². The number of hydrogen-bond donors (Lipinski definition) is 1. The Kier molecular flexibility index (Phi) is 2.85. The first kappa shape index (κ1) is 12.4. The third kappa shape index (κ3) is 1.66. The van der Waals surface area contributed by atoms with Crippen molar-refractivity contribution in [1.82, 2.24) is 5.32 Å². The van der Waals surface area contributed by atoms with Crippen LogP contribution < -0.4 is 5.32 Å². The van der Waals surface area contributed by atoms with Gasteiger partial charge in [0.1, 0.15) is 0 Å². The van der Waals surface area contributed by atoms with Crippen LogP contribution in [0.1, 0.15) is 60.9 Å². The molecule has 2 aromatic rings. The molecule has 0 amide bonds. The summed E-state index contributed by atoms with van der Waals surface area (Å²) in [5, 5.41) is 6.82. The van der Waals surface area contributed by atoms with E-state index in [0.717, 1.165) is 6.54 Å². The molecule has 0 fully saturated rings. The maximum absolute atomic E-state index is 3.69. The second-order valence-corrected chi connectivity index (χ2v) is 6.47. The Bertz CT molecular complexity index is 671. The van der Waals surface area contributed by atoms with Crippen molar-refractivity contribution in [2.24, 2.45) is 0 Å². The number of benzene rings is 2. The monoisotopic (exact) mass is 265 g/mol. The van der Waals surface area contributed by atoms with Crippen molar-refractivity contribution in [3.63, 3.8) is 0 Å². The van der Waals surface area contributed by atoms with E-state index in [-0.39, 0.29) is 0 Å². The molecule has 0 aromatic heterocycles. The molecule has 0 radical (unpaired) electrons. The minimum Gasteiger partial charge on any atom is -0.310 e. The van der Waals surface area contributed by atoms with Gasteiger partial charge in [-0.3, -0.25) is 0 Å². The van der Waals surface area contributed by atoms with Gasteiger partial charge in [-0.25, -0.2) is 0 Å². The standard InChI is InChI=1S/C19H23N/c1-3-20-17-10-7-12(2)18-15-6-4-5-13-8-9-14(19(13)15)11-16(17)18/h4-6,11-12,17,20H,3,7-10H2,1-2H3. The van der Waals surface area contributed by atoms with E-state index >= 15 is 0 Å². The highest BCUT2D eigenvalue weighted by Gasteiger charge is 2.28. The Hall–Kier alpha value is -1.34. The molecule has 1 N–H and O–H groups in total. The predicted molar refractivity (Wildman–Crippen MR) is 85.4 cm³/mol. The van der Waals surface area contributed by atoms with E-state index in [0.29, 0.717) is 12.0 Å². The van der Waals surface area contributed by atoms with Crippen LogP contribution >= 0.6 is 0 Å². The maximum atomic E-state index is 3.69. The van der Waals surface area contributed by atoms with E-state index in [4.69, 9.17) is 0 Å². The molecule has 1 nitrogen and oxygen atoms in total. The summed E-state index contributed by atoms with van der Waals surface area (Å²) >= 11 is 0. The molecule has 4 rings (SSSR count). The van der Waals surface area contributed by atoms with Crippen LogP contribution in [0.25, 0.3) is 10.8 Å². The summed E-state index contributed by atoms with van der Waals surface area (Å²) in [7, 11) is 0. The molecule has 0 heterocycles. The van der Waals surface area contributed by atoms with Gasteiger partial charge < -0.3 is 5.32 Å². The summed E-state index contributed by atoms with van der Waals surface area (Å²) in [6.07, 6.45) is 5.06. The zero-order chi connectivity index (χ0) is 13.7. The molecule has 1 heteroatoms. The summed E-state index contributed by atoms with van der Waals surface area (Å²) < 4.78 is 0. The Labute approximate surface area is 121 Å². The van der Waals surface area contributed by atoms with Gasteiger partial charge in [0.15, 0.2) is 0 Å². The fourth-order valence-electron chi connectivity index (χ4n) is 4.38. The highest BCUT2D eigenvalue weighted by Crippen LogP contribution is 2.44. The third-order valence-corrected chi connectivity index (χ3v) is 5.27. The lowest BCUT2D eigenvalue weighted by Gasteiger charge is -2.32. The van der Waals surface area contributed by atoms with Crippen LogP contribution in [0, 0.1) is 0 Å².